The standard InChI is InChI=1S/C14H18F2N2O/c1-9(10-3-4-11(15)12(16)7-10)18-13(19)14(8-17)5-2-6-14/h3-4,7,9H,2,5-6,8,17H2,1H3,(H,18,19). The van der Waals surface area contributed by atoms with Crippen LogP contribution >= 0.6 is 0 Å². The molecule has 5 heteroatoms. The number of nitrogens with one attached hydrogen (secondary N) is 1. The lowest BCUT2D eigenvalue weighted by atomic mass is 9.68. The van der Waals surface area contributed by atoms with E-state index in [1.807, 2.05) is 0 Å². The number of carbonyl (C=O) groups is 1. The molecule has 1 aromatic rings. The van der Waals surface area contributed by atoms with Gasteiger partial charge in [0.05, 0.1) is 11.5 Å². The molecule has 1 aliphatic carbocycles. The first-order valence-corrected chi connectivity index (χ1v) is 6.44. The van der Waals surface area contributed by atoms with Crippen molar-refractivity contribution >= 4 is 5.91 Å². The van der Waals surface area contributed by atoms with Gasteiger partial charge >= 0.3 is 0 Å². The van der Waals surface area contributed by atoms with Crippen LogP contribution in [0.2, 0.25) is 0 Å². The molecule has 0 bridgehead atoms. The first-order valence-electron chi connectivity index (χ1n) is 6.44. The molecule has 1 fully saturated rings. The summed E-state index contributed by atoms with van der Waals surface area (Å²) >= 11 is 0. The average molecular weight is 268 g/mol. The number of benzene rings is 1. The molecular weight excluding hydrogens is 250 g/mol. The van der Waals surface area contributed by atoms with Crippen molar-refractivity contribution in [3.63, 3.8) is 0 Å². The Kier molecular flexibility index (Phi) is 3.85. The summed E-state index contributed by atoms with van der Waals surface area (Å²) in [7, 11) is 0. The fourth-order valence-corrected chi connectivity index (χ4v) is 2.34. The Labute approximate surface area is 111 Å². The van der Waals surface area contributed by atoms with Crippen LogP contribution in [0.15, 0.2) is 18.2 Å². The van der Waals surface area contributed by atoms with E-state index in [-0.39, 0.29) is 11.9 Å². The summed E-state index contributed by atoms with van der Waals surface area (Å²) in [6.45, 7) is 2.07. The third kappa shape index (κ3) is 2.61. The molecular formula is C14H18F2N2O. The molecule has 1 unspecified atom stereocenters. The number of amides is 1. The van der Waals surface area contributed by atoms with E-state index in [1.54, 1.807) is 6.92 Å². The Hall–Kier alpha value is -1.49. The topological polar surface area (TPSA) is 55.1 Å². The highest BCUT2D eigenvalue weighted by Gasteiger charge is 2.43. The Morgan fingerprint density at radius 2 is 2.11 bits per heavy atom. The summed E-state index contributed by atoms with van der Waals surface area (Å²) in [6, 6.07) is 3.27. The number of carbonyl (C=O) groups excluding carboxylic acids is 1. The van der Waals surface area contributed by atoms with Crippen molar-refractivity contribution in [1.29, 1.82) is 0 Å². The zero-order valence-corrected chi connectivity index (χ0v) is 10.9. The summed E-state index contributed by atoms with van der Waals surface area (Å²) in [5.41, 5.74) is 5.73. The maximum Gasteiger partial charge on any atom is 0.227 e. The van der Waals surface area contributed by atoms with Crippen molar-refractivity contribution in [1.82, 2.24) is 5.32 Å². The van der Waals surface area contributed by atoms with Gasteiger partial charge in [-0.25, -0.2) is 8.78 Å². The van der Waals surface area contributed by atoms with Crippen molar-refractivity contribution in [2.24, 2.45) is 11.1 Å². The molecule has 3 N–H and O–H groups in total. The van der Waals surface area contributed by atoms with Gasteiger partial charge < -0.3 is 11.1 Å². The summed E-state index contributed by atoms with van der Waals surface area (Å²) in [4.78, 5) is 12.2. The first kappa shape index (κ1) is 13.9. The third-order valence-corrected chi connectivity index (χ3v) is 3.97. The van der Waals surface area contributed by atoms with Crippen molar-refractivity contribution in [2.45, 2.75) is 32.2 Å². The van der Waals surface area contributed by atoms with E-state index in [0.29, 0.717) is 12.1 Å². The fourth-order valence-electron chi connectivity index (χ4n) is 2.34. The smallest absolute Gasteiger partial charge is 0.227 e. The van der Waals surface area contributed by atoms with E-state index >= 15 is 0 Å². The number of rotatable bonds is 4. The number of hydrogen-bond acceptors (Lipinski definition) is 2. The van der Waals surface area contributed by atoms with Crippen LogP contribution in [0.5, 0.6) is 0 Å². The van der Waals surface area contributed by atoms with Gasteiger partial charge in [0.1, 0.15) is 0 Å². The van der Waals surface area contributed by atoms with E-state index in [1.165, 1.54) is 6.07 Å². The van der Waals surface area contributed by atoms with Crippen LogP contribution in [0.3, 0.4) is 0 Å². The van der Waals surface area contributed by atoms with Gasteiger partial charge in [-0.1, -0.05) is 12.5 Å². The predicted octanol–water partition coefficient (Wildman–Crippen LogP) is 2.27. The predicted molar refractivity (Wildman–Crippen MR) is 68.3 cm³/mol. The van der Waals surface area contributed by atoms with Crippen molar-refractivity contribution < 1.29 is 13.6 Å². The normalized spacial score (nSPS) is 18.5. The lowest BCUT2D eigenvalue weighted by molar-refractivity contribution is -0.135. The maximum atomic E-state index is 13.1. The minimum absolute atomic E-state index is 0.0986. The SMILES string of the molecule is CC(NC(=O)C1(CN)CCC1)c1ccc(F)c(F)c1. The number of hydrogen-bond donors (Lipinski definition) is 2. The van der Waals surface area contributed by atoms with Gasteiger partial charge in [-0.3, -0.25) is 4.79 Å². The van der Waals surface area contributed by atoms with E-state index in [9.17, 15) is 13.6 Å². The highest BCUT2D eigenvalue weighted by molar-refractivity contribution is 5.84. The molecule has 3 nitrogen and oxygen atoms in total. The fraction of sp³-hybridized carbons (Fsp3) is 0.500. The Bertz CT molecular complexity index is 481. The molecule has 1 aliphatic rings. The second-order valence-electron chi connectivity index (χ2n) is 5.21. The molecule has 1 atom stereocenters. The molecule has 1 amide bonds. The number of nitrogens with two attached hydrogens (primary N) is 1. The monoisotopic (exact) mass is 268 g/mol. The van der Waals surface area contributed by atoms with Crippen LogP contribution in [-0.4, -0.2) is 12.5 Å². The molecule has 104 valence electrons. The molecule has 0 aromatic heterocycles. The largest absolute Gasteiger partial charge is 0.349 e. The van der Waals surface area contributed by atoms with Gasteiger partial charge in [-0.05, 0) is 37.5 Å². The molecule has 0 saturated heterocycles. The Balaban J connectivity index is 2.06. The highest BCUT2D eigenvalue weighted by atomic mass is 19.2. The average Bonchev–Trinajstić information content (AvgIpc) is 2.31. The second-order valence-corrected chi connectivity index (χ2v) is 5.21. The Morgan fingerprint density at radius 1 is 1.42 bits per heavy atom. The third-order valence-electron chi connectivity index (χ3n) is 3.97. The van der Waals surface area contributed by atoms with E-state index in [0.717, 1.165) is 31.4 Å². The second kappa shape index (κ2) is 5.25. The van der Waals surface area contributed by atoms with Gasteiger partial charge in [0.25, 0.3) is 0 Å². The minimum atomic E-state index is -0.907. The molecule has 2 rings (SSSR count). The molecule has 1 aromatic carbocycles. The van der Waals surface area contributed by atoms with Crippen LogP contribution in [0, 0.1) is 17.0 Å². The van der Waals surface area contributed by atoms with Crippen LogP contribution in [0.4, 0.5) is 8.78 Å². The number of halogens is 2. The molecule has 1 saturated carbocycles. The summed E-state index contributed by atoms with van der Waals surface area (Å²) in [6.07, 6.45) is 2.59. The lowest BCUT2D eigenvalue weighted by Crippen LogP contribution is -2.50. The van der Waals surface area contributed by atoms with Gasteiger partial charge in [0.2, 0.25) is 5.91 Å². The maximum absolute atomic E-state index is 13.1. The van der Waals surface area contributed by atoms with Crippen molar-refractivity contribution in [3.8, 4) is 0 Å². The van der Waals surface area contributed by atoms with Crippen molar-refractivity contribution in [2.75, 3.05) is 6.54 Å². The molecule has 0 radical (unpaired) electrons. The highest BCUT2D eigenvalue weighted by Crippen LogP contribution is 2.40. The van der Waals surface area contributed by atoms with Crippen molar-refractivity contribution in [3.05, 3.63) is 35.4 Å². The van der Waals surface area contributed by atoms with Crippen LogP contribution < -0.4 is 11.1 Å². The summed E-state index contributed by atoms with van der Waals surface area (Å²) in [5, 5.41) is 2.83. The van der Waals surface area contributed by atoms with Gasteiger partial charge in [-0.2, -0.15) is 0 Å². The van der Waals surface area contributed by atoms with E-state index in [4.69, 9.17) is 5.73 Å². The molecule has 0 aliphatic heterocycles. The van der Waals surface area contributed by atoms with Gasteiger partial charge in [0, 0.05) is 6.54 Å². The molecule has 0 spiro atoms. The Morgan fingerprint density at radius 3 is 2.58 bits per heavy atom. The van der Waals surface area contributed by atoms with Crippen LogP contribution in [0.25, 0.3) is 0 Å². The zero-order chi connectivity index (χ0) is 14.0. The van der Waals surface area contributed by atoms with Gasteiger partial charge in [-0.15, -0.1) is 0 Å². The molecule has 19 heavy (non-hydrogen) atoms. The lowest BCUT2D eigenvalue weighted by Gasteiger charge is -2.39. The summed E-state index contributed by atoms with van der Waals surface area (Å²) < 4.78 is 26.0. The zero-order valence-electron chi connectivity index (χ0n) is 10.9. The minimum Gasteiger partial charge on any atom is -0.349 e. The first-order chi connectivity index (χ1) is 8.98. The quantitative estimate of drug-likeness (QED) is 0.880. The van der Waals surface area contributed by atoms with Crippen LogP contribution in [0.1, 0.15) is 37.8 Å². The van der Waals surface area contributed by atoms with E-state index in [2.05, 4.69) is 5.32 Å². The summed E-state index contributed by atoms with van der Waals surface area (Å²) in [5.74, 6) is -1.89. The van der Waals surface area contributed by atoms with E-state index < -0.39 is 17.0 Å². The van der Waals surface area contributed by atoms with Gasteiger partial charge in [0.15, 0.2) is 11.6 Å². The van der Waals surface area contributed by atoms with Crippen LogP contribution in [-0.2, 0) is 4.79 Å². The molecule has 0 heterocycles.